The fraction of sp³-hybridized carbons (Fsp3) is 0.333. The van der Waals surface area contributed by atoms with Gasteiger partial charge in [0, 0.05) is 0 Å². The molecule has 3 heteroatoms. The van der Waals surface area contributed by atoms with Crippen molar-refractivity contribution >= 4 is 37.3 Å². The monoisotopic (exact) mass is 381 g/mol. The van der Waals surface area contributed by atoms with Gasteiger partial charge in [-0.2, -0.15) is 0 Å². The standard InChI is InChI=1S/C21H22AsO2/c23-19-10-5-11-20(24)21(19)22-13-15-12-14-6-1-2-7-16(14)18-9-4-3-8-17(15)18/h1-4,6-9,12,19-21,23-24H,5,10-11,13H2/t19-,20+,21?. The van der Waals surface area contributed by atoms with Crippen LogP contribution in [0.1, 0.15) is 24.8 Å². The maximum atomic E-state index is 10.3. The molecule has 1 aliphatic carbocycles. The van der Waals surface area contributed by atoms with E-state index in [-0.39, 0.29) is 32.7 Å². The first-order valence-corrected chi connectivity index (χ1v) is 11.1. The van der Waals surface area contributed by atoms with E-state index < -0.39 is 0 Å². The summed E-state index contributed by atoms with van der Waals surface area (Å²) in [6.45, 7) is 0. The van der Waals surface area contributed by atoms with Crippen molar-refractivity contribution < 1.29 is 10.2 Å². The number of aliphatic hydroxyl groups excluding tert-OH is 2. The van der Waals surface area contributed by atoms with Gasteiger partial charge in [-0.3, -0.25) is 0 Å². The van der Waals surface area contributed by atoms with Crippen LogP contribution in [-0.4, -0.2) is 38.2 Å². The average Bonchev–Trinajstić information content (AvgIpc) is 2.61. The minimum absolute atomic E-state index is 0.0974. The fourth-order valence-electron chi connectivity index (χ4n) is 3.84. The molecule has 24 heavy (non-hydrogen) atoms. The van der Waals surface area contributed by atoms with Crippen molar-refractivity contribution in [2.75, 3.05) is 0 Å². The molecule has 0 amide bonds. The normalized spacial score (nSPS) is 25.0. The molecule has 3 aromatic carbocycles. The van der Waals surface area contributed by atoms with Crippen LogP contribution in [0, 0.1) is 0 Å². The molecule has 1 fully saturated rings. The van der Waals surface area contributed by atoms with Crippen molar-refractivity contribution in [2.24, 2.45) is 0 Å². The minimum atomic E-state index is -0.319. The molecule has 0 spiro atoms. The fourth-order valence-corrected chi connectivity index (χ4v) is 6.89. The van der Waals surface area contributed by atoms with Crippen molar-refractivity contribution in [3.63, 3.8) is 0 Å². The van der Waals surface area contributed by atoms with Crippen LogP contribution in [0.5, 0.6) is 0 Å². The molecule has 0 aliphatic heterocycles. The van der Waals surface area contributed by atoms with Crippen LogP contribution in [0.3, 0.4) is 0 Å². The van der Waals surface area contributed by atoms with Crippen LogP contribution in [0.4, 0.5) is 0 Å². The first kappa shape index (κ1) is 16.1. The first-order valence-electron chi connectivity index (χ1n) is 8.66. The average molecular weight is 381 g/mol. The third-order valence-electron chi connectivity index (χ3n) is 5.11. The van der Waals surface area contributed by atoms with E-state index in [2.05, 4.69) is 54.6 Å². The van der Waals surface area contributed by atoms with E-state index in [1.165, 1.54) is 27.1 Å². The molecule has 1 aliphatic rings. The summed E-state index contributed by atoms with van der Waals surface area (Å²) in [5.41, 5.74) is 1.36. The zero-order chi connectivity index (χ0) is 16.5. The molecule has 4 rings (SSSR count). The Hall–Kier alpha value is -1.34. The van der Waals surface area contributed by atoms with Crippen molar-refractivity contribution in [1.29, 1.82) is 0 Å². The summed E-state index contributed by atoms with van der Waals surface area (Å²) in [7, 11) is 0. The molecule has 3 aromatic rings. The number of hydrogen-bond acceptors (Lipinski definition) is 2. The molecule has 3 atom stereocenters. The Morgan fingerprint density at radius 1 is 0.833 bits per heavy atom. The second-order valence-corrected chi connectivity index (χ2v) is 9.38. The van der Waals surface area contributed by atoms with Gasteiger partial charge >= 0.3 is 149 Å². The number of fused-ring (bicyclic) bond motifs is 3. The Morgan fingerprint density at radius 2 is 1.46 bits per heavy atom. The molecular formula is C21H22AsO2. The molecule has 1 radical (unpaired) electrons. The number of hydrogen-bond donors (Lipinski definition) is 2. The van der Waals surface area contributed by atoms with E-state index in [0.717, 1.165) is 24.5 Å². The molecule has 0 heterocycles. The van der Waals surface area contributed by atoms with Gasteiger partial charge in [0.2, 0.25) is 0 Å². The summed E-state index contributed by atoms with van der Waals surface area (Å²) >= 11 is -0.121. The molecule has 2 nitrogen and oxygen atoms in total. The van der Waals surface area contributed by atoms with Crippen molar-refractivity contribution in [2.45, 2.75) is 41.4 Å². The van der Waals surface area contributed by atoms with E-state index >= 15 is 0 Å². The third-order valence-corrected chi connectivity index (χ3v) is 8.54. The summed E-state index contributed by atoms with van der Waals surface area (Å²) in [5.74, 6) is 0. The van der Waals surface area contributed by atoms with Crippen LogP contribution in [-0.2, 0) is 5.21 Å². The van der Waals surface area contributed by atoms with E-state index in [1.807, 2.05) is 0 Å². The summed E-state index contributed by atoms with van der Waals surface area (Å²) in [5, 5.41) is 26.7. The summed E-state index contributed by atoms with van der Waals surface area (Å²) < 4.78 is 0.0974. The zero-order valence-electron chi connectivity index (χ0n) is 13.6. The van der Waals surface area contributed by atoms with Gasteiger partial charge in [-0.25, -0.2) is 0 Å². The van der Waals surface area contributed by atoms with E-state index in [1.54, 1.807) is 0 Å². The number of rotatable bonds is 3. The van der Waals surface area contributed by atoms with Crippen LogP contribution >= 0.6 is 0 Å². The van der Waals surface area contributed by atoms with Crippen LogP contribution in [0.25, 0.3) is 21.5 Å². The van der Waals surface area contributed by atoms with E-state index in [0.29, 0.717) is 0 Å². The molecule has 0 aromatic heterocycles. The summed E-state index contributed by atoms with van der Waals surface area (Å²) in [6.07, 6.45) is 1.99. The number of aliphatic hydroxyl groups is 2. The van der Waals surface area contributed by atoms with Crippen molar-refractivity contribution in [1.82, 2.24) is 0 Å². The molecule has 1 unspecified atom stereocenters. The molecule has 0 bridgehead atoms. The van der Waals surface area contributed by atoms with Gasteiger partial charge in [0.1, 0.15) is 0 Å². The Balaban J connectivity index is 1.70. The SMILES string of the molecule is O[C@@H]1CCC[C@H](O)C1[As]Cc1cc2ccccc2c2ccccc12. The van der Waals surface area contributed by atoms with Gasteiger partial charge in [0.15, 0.2) is 0 Å². The topological polar surface area (TPSA) is 40.5 Å². The molecular weight excluding hydrogens is 359 g/mol. The third kappa shape index (κ3) is 2.99. The van der Waals surface area contributed by atoms with Crippen molar-refractivity contribution in [3.8, 4) is 0 Å². The van der Waals surface area contributed by atoms with Crippen molar-refractivity contribution in [3.05, 3.63) is 60.2 Å². The number of benzene rings is 3. The second kappa shape index (κ2) is 6.88. The second-order valence-electron chi connectivity index (χ2n) is 6.70. The van der Waals surface area contributed by atoms with Gasteiger partial charge < -0.3 is 0 Å². The predicted molar refractivity (Wildman–Crippen MR) is 101 cm³/mol. The Kier molecular flexibility index (Phi) is 4.63. The summed E-state index contributed by atoms with van der Waals surface area (Å²) in [4.78, 5) is 0. The molecule has 123 valence electrons. The van der Waals surface area contributed by atoms with Crippen LogP contribution < -0.4 is 0 Å². The Bertz CT molecular complexity index is 851. The van der Waals surface area contributed by atoms with Crippen LogP contribution in [0.2, 0.25) is 4.71 Å². The van der Waals surface area contributed by atoms with Gasteiger partial charge in [0.05, 0.1) is 0 Å². The Labute approximate surface area is 149 Å². The molecule has 2 N–H and O–H groups in total. The van der Waals surface area contributed by atoms with E-state index in [4.69, 9.17) is 0 Å². The van der Waals surface area contributed by atoms with Gasteiger partial charge in [-0.05, 0) is 0 Å². The Morgan fingerprint density at radius 3 is 2.21 bits per heavy atom. The van der Waals surface area contributed by atoms with Gasteiger partial charge in [-0.1, -0.05) is 0 Å². The summed E-state index contributed by atoms with van der Waals surface area (Å²) in [6, 6.07) is 19.4. The zero-order valence-corrected chi connectivity index (χ0v) is 15.5. The quantitative estimate of drug-likeness (QED) is 0.534. The molecule has 1 saturated carbocycles. The maximum absolute atomic E-state index is 10.3. The van der Waals surface area contributed by atoms with Crippen LogP contribution in [0.15, 0.2) is 54.6 Å². The van der Waals surface area contributed by atoms with Gasteiger partial charge in [0.25, 0.3) is 0 Å². The molecule has 0 saturated heterocycles. The predicted octanol–water partition coefficient (Wildman–Crippen LogP) is 3.89. The van der Waals surface area contributed by atoms with E-state index in [9.17, 15) is 10.2 Å². The first-order chi connectivity index (χ1) is 11.7. The van der Waals surface area contributed by atoms with Gasteiger partial charge in [-0.15, -0.1) is 0 Å².